The Labute approximate surface area is 121 Å². The molecule has 0 unspecified atom stereocenters. The van der Waals surface area contributed by atoms with E-state index < -0.39 is 6.36 Å². The van der Waals surface area contributed by atoms with Gasteiger partial charge in [0.1, 0.15) is 5.75 Å². The highest BCUT2D eigenvalue weighted by Gasteiger charge is 2.32. The molecule has 0 amide bonds. The maximum atomic E-state index is 12.1. The molecule has 0 bridgehead atoms. The molecule has 8 heteroatoms. The summed E-state index contributed by atoms with van der Waals surface area (Å²) in [4.78, 5) is 0. The third kappa shape index (κ3) is 4.87. The lowest BCUT2D eigenvalue weighted by Gasteiger charge is -2.13. The van der Waals surface area contributed by atoms with E-state index in [9.17, 15) is 13.2 Å². The summed E-state index contributed by atoms with van der Waals surface area (Å²) in [5.41, 5.74) is 0.583. The number of hydrogen-bond donors (Lipinski definition) is 2. The Morgan fingerprint density at radius 1 is 1.37 bits per heavy atom. The van der Waals surface area contributed by atoms with Gasteiger partial charge in [-0.05, 0) is 59.2 Å². The summed E-state index contributed by atoms with van der Waals surface area (Å²) in [6.45, 7) is 0. The zero-order valence-electron chi connectivity index (χ0n) is 9.55. The Morgan fingerprint density at radius 2 is 2.05 bits per heavy atom. The molecule has 1 aromatic carbocycles. The van der Waals surface area contributed by atoms with Crippen molar-refractivity contribution in [2.45, 2.75) is 25.2 Å². The van der Waals surface area contributed by atoms with Crippen molar-refractivity contribution in [1.82, 2.24) is 5.32 Å². The molecule has 3 nitrogen and oxygen atoms in total. The standard InChI is InChI=1S/C11H10BrF3N2OS/c12-8-5-7(17-10(19)16-6-1-2-6)3-4-9(8)18-11(13,14)15/h3-6H,1-2H2,(H2,16,17,19). The highest BCUT2D eigenvalue weighted by Crippen LogP contribution is 2.32. The van der Waals surface area contributed by atoms with E-state index in [1.807, 2.05) is 0 Å². The van der Waals surface area contributed by atoms with Crippen molar-refractivity contribution in [2.24, 2.45) is 0 Å². The molecule has 1 aromatic rings. The van der Waals surface area contributed by atoms with Gasteiger partial charge in [-0.1, -0.05) is 0 Å². The molecular formula is C11H10BrF3N2OS. The minimum atomic E-state index is -4.71. The first kappa shape index (κ1) is 14.4. The van der Waals surface area contributed by atoms with Crippen LogP contribution in [0.4, 0.5) is 18.9 Å². The van der Waals surface area contributed by atoms with E-state index in [1.165, 1.54) is 18.2 Å². The predicted molar refractivity (Wildman–Crippen MR) is 73.2 cm³/mol. The second-order valence-electron chi connectivity index (χ2n) is 4.07. The Bertz CT molecular complexity index is 491. The van der Waals surface area contributed by atoms with Crippen LogP contribution >= 0.6 is 28.1 Å². The van der Waals surface area contributed by atoms with Gasteiger partial charge in [-0.25, -0.2) is 0 Å². The van der Waals surface area contributed by atoms with Gasteiger partial charge in [0.25, 0.3) is 0 Å². The van der Waals surface area contributed by atoms with Crippen LogP contribution in [-0.2, 0) is 0 Å². The number of thiocarbonyl (C=S) groups is 1. The summed E-state index contributed by atoms with van der Waals surface area (Å²) in [5.74, 6) is -0.292. The van der Waals surface area contributed by atoms with Crippen molar-refractivity contribution in [1.29, 1.82) is 0 Å². The van der Waals surface area contributed by atoms with E-state index in [1.54, 1.807) is 0 Å². The lowest BCUT2D eigenvalue weighted by atomic mass is 10.3. The van der Waals surface area contributed by atoms with E-state index in [2.05, 4.69) is 31.3 Å². The molecule has 0 radical (unpaired) electrons. The maximum Gasteiger partial charge on any atom is 0.573 e. The van der Waals surface area contributed by atoms with Gasteiger partial charge in [0.05, 0.1) is 4.47 Å². The van der Waals surface area contributed by atoms with Gasteiger partial charge in [-0.15, -0.1) is 13.2 Å². The van der Waals surface area contributed by atoms with Crippen molar-refractivity contribution in [3.8, 4) is 5.75 Å². The summed E-state index contributed by atoms with van der Waals surface area (Å²) < 4.78 is 40.3. The summed E-state index contributed by atoms with van der Waals surface area (Å²) in [6, 6.07) is 4.57. The van der Waals surface area contributed by atoms with Crippen LogP contribution in [0.1, 0.15) is 12.8 Å². The van der Waals surface area contributed by atoms with Crippen LogP contribution in [0.2, 0.25) is 0 Å². The minimum absolute atomic E-state index is 0.198. The molecule has 0 aromatic heterocycles. The monoisotopic (exact) mass is 354 g/mol. The Hall–Kier alpha value is -1.02. The smallest absolute Gasteiger partial charge is 0.405 e. The molecule has 1 aliphatic carbocycles. The molecule has 0 aliphatic heterocycles. The van der Waals surface area contributed by atoms with Crippen LogP contribution in [-0.4, -0.2) is 17.5 Å². The number of nitrogens with one attached hydrogen (secondary N) is 2. The molecule has 2 N–H and O–H groups in total. The van der Waals surface area contributed by atoms with Gasteiger partial charge >= 0.3 is 6.36 Å². The topological polar surface area (TPSA) is 33.3 Å². The van der Waals surface area contributed by atoms with Crippen LogP contribution in [0.15, 0.2) is 22.7 Å². The highest BCUT2D eigenvalue weighted by molar-refractivity contribution is 9.10. The fourth-order valence-electron chi connectivity index (χ4n) is 1.37. The first-order valence-corrected chi connectivity index (χ1v) is 6.66. The average molecular weight is 355 g/mol. The number of rotatable bonds is 3. The van der Waals surface area contributed by atoms with Gasteiger partial charge in [0.2, 0.25) is 0 Å². The molecule has 0 atom stereocenters. The lowest BCUT2D eigenvalue weighted by molar-refractivity contribution is -0.274. The van der Waals surface area contributed by atoms with E-state index >= 15 is 0 Å². The Kier molecular flexibility index (Phi) is 4.19. The first-order chi connectivity index (χ1) is 8.83. The van der Waals surface area contributed by atoms with Crippen LogP contribution in [0, 0.1) is 0 Å². The predicted octanol–water partition coefficient (Wildman–Crippen LogP) is 3.80. The SMILES string of the molecule is FC(F)(F)Oc1ccc(NC(=S)NC2CC2)cc1Br. The fourth-order valence-corrected chi connectivity index (χ4v) is 2.11. The number of hydrogen-bond acceptors (Lipinski definition) is 2. The van der Waals surface area contributed by atoms with E-state index in [0.717, 1.165) is 12.8 Å². The molecule has 1 saturated carbocycles. The van der Waals surface area contributed by atoms with E-state index in [4.69, 9.17) is 12.2 Å². The number of ether oxygens (including phenoxy) is 1. The van der Waals surface area contributed by atoms with Crippen molar-refractivity contribution in [2.75, 3.05) is 5.32 Å². The third-order valence-electron chi connectivity index (χ3n) is 2.33. The number of benzene rings is 1. The van der Waals surface area contributed by atoms with Crippen molar-refractivity contribution in [3.63, 3.8) is 0 Å². The van der Waals surface area contributed by atoms with Crippen LogP contribution in [0.5, 0.6) is 5.75 Å². The summed E-state index contributed by atoms with van der Waals surface area (Å²) in [5, 5.41) is 6.42. The van der Waals surface area contributed by atoms with Gasteiger partial charge < -0.3 is 15.4 Å². The third-order valence-corrected chi connectivity index (χ3v) is 3.17. The molecule has 104 valence electrons. The second-order valence-corrected chi connectivity index (χ2v) is 5.33. The molecule has 0 heterocycles. The Balaban J connectivity index is 1.99. The second kappa shape index (κ2) is 5.54. The van der Waals surface area contributed by atoms with Crippen LogP contribution < -0.4 is 15.4 Å². The van der Waals surface area contributed by atoms with Crippen LogP contribution in [0.3, 0.4) is 0 Å². The van der Waals surface area contributed by atoms with Gasteiger partial charge in [0.15, 0.2) is 5.11 Å². The van der Waals surface area contributed by atoms with Crippen molar-refractivity contribution >= 4 is 38.9 Å². The largest absolute Gasteiger partial charge is 0.573 e. The van der Waals surface area contributed by atoms with E-state index in [-0.39, 0.29) is 10.2 Å². The summed E-state index contributed by atoms with van der Waals surface area (Å²) in [7, 11) is 0. The van der Waals surface area contributed by atoms with Crippen molar-refractivity contribution < 1.29 is 17.9 Å². The molecule has 1 fully saturated rings. The lowest BCUT2D eigenvalue weighted by Crippen LogP contribution is -2.30. The number of alkyl halides is 3. The van der Waals surface area contributed by atoms with Gasteiger partial charge in [-0.3, -0.25) is 0 Å². The summed E-state index contributed by atoms with van der Waals surface area (Å²) in [6.07, 6.45) is -2.53. The highest BCUT2D eigenvalue weighted by atomic mass is 79.9. The molecule has 1 aliphatic rings. The zero-order valence-corrected chi connectivity index (χ0v) is 12.0. The fraction of sp³-hybridized carbons (Fsp3) is 0.364. The minimum Gasteiger partial charge on any atom is -0.405 e. The van der Waals surface area contributed by atoms with Gasteiger partial charge in [0, 0.05) is 11.7 Å². The molecule has 0 saturated heterocycles. The normalized spacial score (nSPS) is 14.9. The molecule has 2 rings (SSSR count). The number of halogens is 4. The summed E-state index contributed by atoms with van der Waals surface area (Å²) >= 11 is 8.09. The quantitative estimate of drug-likeness (QED) is 0.809. The Morgan fingerprint density at radius 3 is 2.58 bits per heavy atom. The van der Waals surface area contributed by atoms with Gasteiger partial charge in [-0.2, -0.15) is 0 Å². The number of anilines is 1. The van der Waals surface area contributed by atoms with E-state index in [0.29, 0.717) is 16.8 Å². The molecule has 19 heavy (non-hydrogen) atoms. The van der Waals surface area contributed by atoms with Crippen LogP contribution in [0.25, 0.3) is 0 Å². The zero-order chi connectivity index (χ0) is 14.0. The van der Waals surface area contributed by atoms with Crippen molar-refractivity contribution in [3.05, 3.63) is 22.7 Å². The maximum absolute atomic E-state index is 12.1. The average Bonchev–Trinajstić information content (AvgIpc) is 3.04. The first-order valence-electron chi connectivity index (χ1n) is 5.46. The molecule has 0 spiro atoms. The molecular weight excluding hydrogens is 345 g/mol.